The van der Waals surface area contributed by atoms with Crippen LogP contribution in [-0.2, 0) is 21.4 Å². The van der Waals surface area contributed by atoms with E-state index in [1.807, 2.05) is 0 Å². The van der Waals surface area contributed by atoms with Crippen LogP contribution >= 0.6 is 15.9 Å². The zero-order chi connectivity index (χ0) is 14.8. The minimum Gasteiger partial charge on any atom is -0.392 e. The predicted octanol–water partition coefficient (Wildman–Crippen LogP) is 1.71. The summed E-state index contributed by atoms with van der Waals surface area (Å²) in [5.41, 5.74) is 1.35. The zero-order valence-corrected chi connectivity index (χ0v) is 13.6. The lowest BCUT2D eigenvalue weighted by Crippen LogP contribution is -2.40. The molecule has 1 fully saturated rings. The van der Waals surface area contributed by atoms with Crippen molar-refractivity contribution in [2.45, 2.75) is 37.3 Å². The molecule has 2 rings (SSSR count). The molecule has 0 aromatic heterocycles. The highest BCUT2D eigenvalue weighted by Gasteiger charge is 2.25. The van der Waals surface area contributed by atoms with Crippen molar-refractivity contribution in [3.05, 3.63) is 27.7 Å². The molecule has 0 radical (unpaired) electrons. The van der Waals surface area contributed by atoms with Gasteiger partial charge in [0.15, 0.2) is 0 Å². The van der Waals surface area contributed by atoms with Crippen LogP contribution in [0.1, 0.15) is 24.0 Å². The van der Waals surface area contributed by atoms with Gasteiger partial charge in [0.05, 0.1) is 18.1 Å². The SMILES string of the molecule is Cc1cc(CO)cc(S(=O)(=O)NC2CCCOC2)c1Br. The highest BCUT2D eigenvalue weighted by atomic mass is 79.9. The maximum absolute atomic E-state index is 12.5. The molecule has 7 heteroatoms. The first-order valence-corrected chi connectivity index (χ1v) is 8.71. The Morgan fingerprint density at radius 1 is 1.50 bits per heavy atom. The van der Waals surface area contributed by atoms with Crippen molar-refractivity contribution < 1.29 is 18.3 Å². The number of aryl methyl sites for hydroxylation is 1. The number of benzene rings is 1. The molecule has 1 aliphatic heterocycles. The molecule has 0 spiro atoms. The fraction of sp³-hybridized carbons (Fsp3) is 0.538. The Morgan fingerprint density at radius 2 is 2.25 bits per heavy atom. The maximum atomic E-state index is 12.5. The van der Waals surface area contributed by atoms with Crippen molar-refractivity contribution in [2.75, 3.05) is 13.2 Å². The summed E-state index contributed by atoms with van der Waals surface area (Å²) in [7, 11) is -3.63. The van der Waals surface area contributed by atoms with Crippen LogP contribution in [0.25, 0.3) is 0 Å². The fourth-order valence-electron chi connectivity index (χ4n) is 2.21. The van der Waals surface area contributed by atoms with Crippen molar-refractivity contribution in [2.24, 2.45) is 0 Å². The molecule has 1 heterocycles. The zero-order valence-electron chi connectivity index (χ0n) is 11.2. The first kappa shape index (κ1) is 15.9. The average molecular weight is 364 g/mol. The summed E-state index contributed by atoms with van der Waals surface area (Å²) in [6, 6.07) is 3.05. The van der Waals surface area contributed by atoms with Crippen LogP contribution < -0.4 is 4.72 Å². The lowest BCUT2D eigenvalue weighted by molar-refractivity contribution is 0.0774. The molecule has 112 valence electrons. The normalized spacial score (nSPS) is 20.1. The molecular weight excluding hydrogens is 346 g/mol. The largest absolute Gasteiger partial charge is 0.392 e. The monoisotopic (exact) mass is 363 g/mol. The summed E-state index contributed by atoms with van der Waals surface area (Å²) >= 11 is 3.31. The quantitative estimate of drug-likeness (QED) is 0.853. The number of halogens is 1. The molecule has 0 bridgehead atoms. The molecule has 0 saturated carbocycles. The van der Waals surface area contributed by atoms with E-state index in [0.717, 1.165) is 18.4 Å². The van der Waals surface area contributed by atoms with Gasteiger partial charge in [-0.05, 0) is 52.9 Å². The average Bonchev–Trinajstić information content (AvgIpc) is 2.42. The Labute approximate surface area is 127 Å². The van der Waals surface area contributed by atoms with Crippen molar-refractivity contribution in [1.29, 1.82) is 0 Å². The molecule has 0 amide bonds. The first-order valence-electron chi connectivity index (χ1n) is 6.44. The van der Waals surface area contributed by atoms with Gasteiger partial charge in [-0.1, -0.05) is 6.07 Å². The highest BCUT2D eigenvalue weighted by molar-refractivity contribution is 9.10. The van der Waals surface area contributed by atoms with Crippen LogP contribution in [0, 0.1) is 6.92 Å². The number of sulfonamides is 1. The summed E-state index contributed by atoms with van der Waals surface area (Å²) < 4.78 is 33.4. The van der Waals surface area contributed by atoms with Gasteiger partial charge in [-0.25, -0.2) is 13.1 Å². The van der Waals surface area contributed by atoms with Crippen molar-refractivity contribution in [3.63, 3.8) is 0 Å². The van der Waals surface area contributed by atoms with E-state index in [1.165, 1.54) is 6.07 Å². The van der Waals surface area contributed by atoms with Gasteiger partial charge in [-0.3, -0.25) is 0 Å². The Balaban J connectivity index is 2.30. The van der Waals surface area contributed by atoms with Crippen LogP contribution in [0.3, 0.4) is 0 Å². The molecule has 1 saturated heterocycles. The summed E-state index contributed by atoms with van der Waals surface area (Å²) in [5, 5.41) is 9.21. The number of nitrogens with one attached hydrogen (secondary N) is 1. The number of hydrogen-bond acceptors (Lipinski definition) is 4. The Morgan fingerprint density at radius 3 is 2.85 bits per heavy atom. The summed E-state index contributed by atoms with van der Waals surface area (Å²) in [6.07, 6.45) is 1.62. The standard InChI is InChI=1S/C13H18BrNO4S/c1-9-5-10(7-16)6-12(13(9)14)20(17,18)15-11-3-2-4-19-8-11/h5-6,11,15-16H,2-4,7-8H2,1H3. The van der Waals surface area contributed by atoms with Gasteiger partial charge in [0.25, 0.3) is 0 Å². The number of aliphatic hydroxyl groups is 1. The minimum absolute atomic E-state index is 0.159. The second-order valence-corrected chi connectivity index (χ2v) is 7.39. The van der Waals surface area contributed by atoms with Crippen molar-refractivity contribution in [3.8, 4) is 0 Å². The summed E-state index contributed by atoms with van der Waals surface area (Å²) in [5.74, 6) is 0. The molecule has 2 N–H and O–H groups in total. The Bertz CT molecular complexity index is 582. The van der Waals surface area contributed by atoms with Gasteiger partial charge >= 0.3 is 0 Å². The van der Waals surface area contributed by atoms with Crippen LogP contribution in [0.2, 0.25) is 0 Å². The summed E-state index contributed by atoms with van der Waals surface area (Å²) in [4.78, 5) is 0.159. The molecule has 1 aromatic carbocycles. The van der Waals surface area contributed by atoms with E-state index < -0.39 is 10.0 Å². The number of aliphatic hydroxyl groups excluding tert-OH is 1. The van der Waals surface area contributed by atoms with E-state index in [-0.39, 0.29) is 17.5 Å². The Kier molecular flexibility index (Phi) is 5.19. The lowest BCUT2D eigenvalue weighted by Gasteiger charge is -2.23. The van der Waals surface area contributed by atoms with Gasteiger partial charge in [0.2, 0.25) is 10.0 Å². The van der Waals surface area contributed by atoms with Gasteiger partial charge in [-0.15, -0.1) is 0 Å². The molecule has 5 nitrogen and oxygen atoms in total. The van der Waals surface area contributed by atoms with E-state index in [1.54, 1.807) is 13.0 Å². The van der Waals surface area contributed by atoms with Gasteiger partial charge < -0.3 is 9.84 Å². The van der Waals surface area contributed by atoms with E-state index >= 15 is 0 Å². The highest BCUT2D eigenvalue weighted by Crippen LogP contribution is 2.28. The fourth-order valence-corrected chi connectivity index (χ4v) is 4.54. The van der Waals surface area contributed by atoms with Crippen LogP contribution in [0.4, 0.5) is 0 Å². The molecule has 1 unspecified atom stereocenters. The third-order valence-electron chi connectivity index (χ3n) is 3.24. The predicted molar refractivity (Wildman–Crippen MR) is 79.0 cm³/mol. The van der Waals surface area contributed by atoms with Gasteiger partial charge in [0.1, 0.15) is 0 Å². The van der Waals surface area contributed by atoms with E-state index in [9.17, 15) is 13.5 Å². The molecule has 1 aliphatic rings. The topological polar surface area (TPSA) is 75.6 Å². The smallest absolute Gasteiger partial charge is 0.242 e. The number of hydrogen-bond donors (Lipinski definition) is 2. The van der Waals surface area contributed by atoms with E-state index in [2.05, 4.69) is 20.7 Å². The molecule has 20 heavy (non-hydrogen) atoms. The summed E-state index contributed by atoms with van der Waals surface area (Å²) in [6.45, 7) is 2.69. The Hall–Kier alpha value is -0.470. The van der Waals surface area contributed by atoms with Gasteiger partial charge in [-0.2, -0.15) is 0 Å². The number of ether oxygens (including phenoxy) is 1. The third-order valence-corrected chi connectivity index (χ3v) is 6.09. The molecule has 1 aromatic rings. The van der Waals surface area contributed by atoms with Crippen LogP contribution in [0.15, 0.2) is 21.5 Å². The van der Waals surface area contributed by atoms with Gasteiger partial charge in [0, 0.05) is 17.1 Å². The van der Waals surface area contributed by atoms with E-state index in [4.69, 9.17) is 4.74 Å². The second kappa shape index (κ2) is 6.53. The molecule has 0 aliphatic carbocycles. The van der Waals surface area contributed by atoms with Crippen molar-refractivity contribution >= 4 is 26.0 Å². The number of rotatable bonds is 4. The molecule has 1 atom stereocenters. The minimum atomic E-state index is -3.63. The maximum Gasteiger partial charge on any atom is 0.242 e. The van der Waals surface area contributed by atoms with E-state index in [0.29, 0.717) is 23.2 Å². The first-order chi connectivity index (χ1) is 9.44. The third kappa shape index (κ3) is 3.59. The van der Waals surface area contributed by atoms with Crippen LogP contribution in [0.5, 0.6) is 0 Å². The van der Waals surface area contributed by atoms with Crippen LogP contribution in [-0.4, -0.2) is 32.8 Å². The van der Waals surface area contributed by atoms with Crippen molar-refractivity contribution in [1.82, 2.24) is 4.72 Å². The second-order valence-electron chi connectivity index (χ2n) is 4.92. The lowest BCUT2D eigenvalue weighted by atomic mass is 10.1. The molecular formula is C13H18BrNO4S.